The van der Waals surface area contributed by atoms with E-state index in [1.807, 2.05) is 0 Å². The van der Waals surface area contributed by atoms with Gasteiger partial charge in [-0.15, -0.1) is 0 Å². The Labute approximate surface area is 105 Å². The first-order valence-electron chi connectivity index (χ1n) is 6.67. The zero-order valence-electron chi connectivity index (χ0n) is 10.9. The van der Waals surface area contributed by atoms with Gasteiger partial charge in [-0.2, -0.15) is 0 Å². The van der Waals surface area contributed by atoms with E-state index < -0.39 is 9.84 Å². The molecule has 2 saturated heterocycles. The van der Waals surface area contributed by atoms with Crippen molar-refractivity contribution in [3.05, 3.63) is 0 Å². The Bertz CT molecular complexity index is 344. The molecule has 2 heterocycles. The van der Waals surface area contributed by atoms with Crippen LogP contribution in [0.25, 0.3) is 0 Å². The molecule has 0 saturated carbocycles. The van der Waals surface area contributed by atoms with Crippen LogP contribution in [0.15, 0.2) is 0 Å². The van der Waals surface area contributed by atoms with Crippen molar-refractivity contribution < 1.29 is 8.42 Å². The van der Waals surface area contributed by atoms with Crippen LogP contribution in [0.2, 0.25) is 0 Å². The Morgan fingerprint density at radius 2 is 1.82 bits per heavy atom. The van der Waals surface area contributed by atoms with Crippen molar-refractivity contribution in [2.45, 2.75) is 50.7 Å². The minimum atomic E-state index is -2.82. The van der Waals surface area contributed by atoms with Crippen molar-refractivity contribution in [2.75, 3.05) is 25.1 Å². The fourth-order valence-corrected chi connectivity index (χ4v) is 3.85. The summed E-state index contributed by atoms with van der Waals surface area (Å²) in [7, 11) is -0.752. The molecule has 17 heavy (non-hydrogen) atoms. The van der Waals surface area contributed by atoms with Gasteiger partial charge >= 0.3 is 0 Å². The second kappa shape index (κ2) is 5.24. The summed E-state index contributed by atoms with van der Waals surface area (Å²) in [6, 6.07) is 1.91. The number of nitrogens with one attached hydrogen (secondary N) is 1. The van der Waals surface area contributed by atoms with E-state index in [-0.39, 0.29) is 5.75 Å². The molecular formula is C12H24N2O2S. The second-order valence-electron chi connectivity index (χ2n) is 5.48. The topological polar surface area (TPSA) is 49.4 Å². The van der Waals surface area contributed by atoms with Crippen LogP contribution in [0.4, 0.5) is 0 Å². The molecule has 100 valence electrons. The minimum absolute atomic E-state index is 0.262. The summed E-state index contributed by atoms with van der Waals surface area (Å²) in [6.45, 7) is 2.40. The lowest BCUT2D eigenvalue weighted by Gasteiger charge is -2.35. The lowest BCUT2D eigenvalue weighted by atomic mass is 9.99. The second-order valence-corrected chi connectivity index (χ2v) is 7.95. The summed E-state index contributed by atoms with van der Waals surface area (Å²) in [5, 5.41) is 3.61. The number of hydrogen-bond acceptors (Lipinski definition) is 4. The zero-order valence-corrected chi connectivity index (χ0v) is 11.7. The van der Waals surface area contributed by atoms with E-state index in [0.717, 1.165) is 0 Å². The average molecular weight is 260 g/mol. The van der Waals surface area contributed by atoms with Crippen LogP contribution < -0.4 is 5.32 Å². The fraction of sp³-hybridized carbons (Fsp3) is 1.00. The van der Waals surface area contributed by atoms with Crippen molar-refractivity contribution in [2.24, 2.45) is 0 Å². The van der Waals surface area contributed by atoms with Crippen molar-refractivity contribution in [3.8, 4) is 0 Å². The molecule has 2 atom stereocenters. The highest BCUT2D eigenvalue weighted by Gasteiger charge is 2.35. The van der Waals surface area contributed by atoms with E-state index >= 15 is 0 Å². The monoisotopic (exact) mass is 260 g/mol. The van der Waals surface area contributed by atoms with Crippen molar-refractivity contribution in [1.82, 2.24) is 10.2 Å². The van der Waals surface area contributed by atoms with Gasteiger partial charge in [0, 0.05) is 30.4 Å². The Kier molecular flexibility index (Phi) is 4.10. The average Bonchev–Trinajstić information content (AvgIpc) is 2.65. The summed E-state index contributed by atoms with van der Waals surface area (Å²) in [6.07, 6.45) is 4.95. The lowest BCUT2D eigenvalue weighted by molar-refractivity contribution is 0.180. The van der Waals surface area contributed by atoms with E-state index in [2.05, 4.69) is 17.3 Å². The summed E-state index contributed by atoms with van der Waals surface area (Å²) in [4.78, 5) is 2.25. The number of nitrogens with zero attached hydrogens (tertiary/aromatic N) is 1. The molecule has 0 amide bonds. The Morgan fingerprint density at radius 1 is 1.24 bits per heavy atom. The molecular weight excluding hydrogens is 236 g/mol. The molecule has 4 nitrogen and oxygen atoms in total. The predicted octanol–water partition coefficient (Wildman–Crippen LogP) is 0.636. The Balaban J connectivity index is 1.82. The highest BCUT2D eigenvalue weighted by Crippen LogP contribution is 2.29. The third-order valence-corrected chi connectivity index (χ3v) is 5.95. The summed E-state index contributed by atoms with van der Waals surface area (Å²) in [5.74, 6) is 0.567. The number of piperidine rings is 1. The molecule has 2 bridgehead atoms. The van der Waals surface area contributed by atoms with Gasteiger partial charge in [-0.05, 0) is 32.7 Å². The fourth-order valence-electron chi connectivity index (χ4n) is 3.00. The van der Waals surface area contributed by atoms with Crippen molar-refractivity contribution in [1.29, 1.82) is 0 Å². The third-order valence-electron chi connectivity index (χ3n) is 4.27. The molecule has 0 aromatic carbocycles. The van der Waals surface area contributed by atoms with Gasteiger partial charge in [-0.25, -0.2) is 8.42 Å². The normalized spacial score (nSPS) is 33.2. The highest BCUT2D eigenvalue weighted by atomic mass is 32.2. The molecule has 0 radical (unpaired) electrons. The molecule has 2 aliphatic heterocycles. The van der Waals surface area contributed by atoms with E-state index in [0.29, 0.717) is 30.4 Å². The molecule has 2 aliphatic rings. The van der Waals surface area contributed by atoms with Gasteiger partial charge in [0.15, 0.2) is 9.84 Å². The molecule has 1 N–H and O–H groups in total. The lowest BCUT2D eigenvalue weighted by Crippen LogP contribution is -2.47. The summed E-state index contributed by atoms with van der Waals surface area (Å²) >= 11 is 0. The van der Waals surface area contributed by atoms with Crippen LogP contribution in [0.1, 0.15) is 32.6 Å². The predicted molar refractivity (Wildman–Crippen MR) is 69.9 cm³/mol. The van der Waals surface area contributed by atoms with Gasteiger partial charge in [0.2, 0.25) is 0 Å². The third kappa shape index (κ3) is 3.42. The van der Waals surface area contributed by atoms with Crippen LogP contribution in [0, 0.1) is 0 Å². The Morgan fingerprint density at radius 3 is 2.35 bits per heavy atom. The van der Waals surface area contributed by atoms with Crippen molar-refractivity contribution >= 4 is 9.84 Å². The maximum absolute atomic E-state index is 11.5. The number of fused-ring (bicyclic) bond motifs is 2. The van der Waals surface area contributed by atoms with E-state index in [1.165, 1.54) is 25.7 Å². The first-order valence-corrected chi connectivity index (χ1v) is 8.49. The highest BCUT2D eigenvalue weighted by molar-refractivity contribution is 7.91. The molecule has 0 aromatic rings. The first kappa shape index (κ1) is 13.3. The largest absolute Gasteiger partial charge is 0.311 e. The first-order chi connectivity index (χ1) is 8.00. The number of rotatable bonds is 5. The van der Waals surface area contributed by atoms with Crippen molar-refractivity contribution in [3.63, 3.8) is 0 Å². The number of sulfone groups is 1. The van der Waals surface area contributed by atoms with E-state index in [4.69, 9.17) is 0 Å². The summed E-state index contributed by atoms with van der Waals surface area (Å²) in [5.41, 5.74) is 0. The molecule has 5 heteroatoms. The van der Waals surface area contributed by atoms with Crippen LogP contribution >= 0.6 is 0 Å². The number of hydrogen-bond donors (Lipinski definition) is 1. The zero-order chi connectivity index (χ0) is 12.5. The quantitative estimate of drug-likeness (QED) is 0.788. The van der Waals surface area contributed by atoms with Crippen LogP contribution in [0.3, 0.4) is 0 Å². The maximum Gasteiger partial charge on any atom is 0.151 e. The minimum Gasteiger partial charge on any atom is -0.311 e. The van der Waals surface area contributed by atoms with Crippen LogP contribution in [0.5, 0.6) is 0 Å². The Hall–Kier alpha value is -0.130. The molecule has 2 unspecified atom stereocenters. The molecule has 2 rings (SSSR count). The van der Waals surface area contributed by atoms with Crippen LogP contribution in [-0.2, 0) is 9.84 Å². The van der Waals surface area contributed by atoms with E-state index in [9.17, 15) is 8.42 Å². The van der Waals surface area contributed by atoms with Gasteiger partial charge in [0.25, 0.3) is 0 Å². The molecule has 0 spiro atoms. The standard InChI is InChI=1S/C12H24N2O2S/c1-3-17(15,16)7-6-14(2)12-8-10-4-5-11(9-12)13-10/h10-13H,3-9H2,1-2H3. The molecule has 0 aromatic heterocycles. The van der Waals surface area contributed by atoms with Gasteiger partial charge in [0.05, 0.1) is 5.75 Å². The SMILES string of the molecule is CCS(=O)(=O)CCN(C)C1CC2CCC(C1)N2. The van der Waals surface area contributed by atoms with Gasteiger partial charge < -0.3 is 10.2 Å². The maximum atomic E-state index is 11.5. The van der Waals surface area contributed by atoms with Crippen LogP contribution in [-0.4, -0.2) is 56.5 Å². The smallest absolute Gasteiger partial charge is 0.151 e. The van der Waals surface area contributed by atoms with Gasteiger partial charge in [-0.1, -0.05) is 6.92 Å². The van der Waals surface area contributed by atoms with Gasteiger partial charge in [-0.3, -0.25) is 0 Å². The molecule has 0 aliphatic carbocycles. The van der Waals surface area contributed by atoms with Gasteiger partial charge in [0.1, 0.15) is 0 Å². The molecule has 2 fully saturated rings. The van der Waals surface area contributed by atoms with E-state index in [1.54, 1.807) is 6.92 Å². The summed E-state index contributed by atoms with van der Waals surface area (Å²) < 4.78 is 23.0.